The van der Waals surface area contributed by atoms with Gasteiger partial charge in [0.15, 0.2) is 0 Å². The van der Waals surface area contributed by atoms with Gasteiger partial charge in [0.05, 0.1) is 10.3 Å². The number of carbonyl (C=O) groups excluding carboxylic acids is 1. The minimum absolute atomic E-state index is 0.0166. The average Bonchev–Trinajstić information content (AvgIpc) is 3.22. The largest absolute Gasteiger partial charge is 0.280 e. The van der Waals surface area contributed by atoms with Crippen molar-refractivity contribution in [2.75, 3.05) is 10.1 Å². The maximum atomic E-state index is 12.7. The van der Waals surface area contributed by atoms with Crippen LogP contribution in [0.2, 0.25) is 0 Å². The molecule has 0 radical (unpaired) electrons. The molecule has 2 N–H and O–H groups in total. The molecule has 4 aromatic rings. The number of hydrogen-bond acceptors (Lipinski definition) is 6. The minimum atomic E-state index is -3.82. The Kier molecular flexibility index (Phi) is 6.05. The molecular weight excluding hydrogens is 460 g/mol. The second-order valence-corrected chi connectivity index (χ2v) is 10.4. The lowest BCUT2D eigenvalue weighted by Crippen LogP contribution is -2.33. The van der Waals surface area contributed by atoms with Crippen molar-refractivity contribution in [3.05, 3.63) is 86.8 Å². The van der Waals surface area contributed by atoms with E-state index in [-0.39, 0.29) is 16.0 Å². The zero-order chi connectivity index (χ0) is 23.8. The number of amides is 1. The standard InChI is InChI=1S/C23H22N4O4S2/c1-4-18-12-20-22(32-18)24-13-27(23(20)29)25-21(28)16-6-9-19(10-7-16)33(30,31)26-17-8-5-14(2)15(3)11-17/h5-13,26H,4H2,1-3H3,(H,25,28). The van der Waals surface area contributed by atoms with Crippen LogP contribution in [0.15, 0.2) is 64.5 Å². The van der Waals surface area contributed by atoms with E-state index in [1.54, 1.807) is 18.2 Å². The minimum Gasteiger partial charge on any atom is -0.280 e. The van der Waals surface area contributed by atoms with Crippen LogP contribution in [-0.2, 0) is 16.4 Å². The SMILES string of the molecule is CCc1cc2c(=O)n(NC(=O)c3ccc(S(=O)(=O)Nc4ccc(C)c(C)c4)cc3)cnc2s1. The lowest BCUT2D eigenvalue weighted by Gasteiger charge is -2.11. The Labute approximate surface area is 194 Å². The Balaban J connectivity index is 1.52. The Morgan fingerprint density at radius 1 is 1.06 bits per heavy atom. The van der Waals surface area contributed by atoms with Crippen LogP contribution in [-0.4, -0.2) is 24.0 Å². The lowest BCUT2D eigenvalue weighted by atomic mass is 10.1. The van der Waals surface area contributed by atoms with Gasteiger partial charge in [-0.3, -0.25) is 19.7 Å². The fraction of sp³-hybridized carbons (Fsp3) is 0.174. The number of aromatic nitrogens is 2. The van der Waals surface area contributed by atoms with Gasteiger partial charge in [0.2, 0.25) is 0 Å². The third-order valence-electron chi connectivity index (χ3n) is 5.26. The van der Waals surface area contributed by atoms with Gasteiger partial charge in [0, 0.05) is 16.1 Å². The van der Waals surface area contributed by atoms with Gasteiger partial charge in [-0.1, -0.05) is 13.0 Å². The number of sulfonamides is 1. The number of hydrogen-bond donors (Lipinski definition) is 2. The molecule has 0 fully saturated rings. The molecule has 0 aliphatic rings. The van der Waals surface area contributed by atoms with Crippen molar-refractivity contribution in [3.8, 4) is 0 Å². The average molecular weight is 483 g/mol. The highest BCUT2D eigenvalue weighted by molar-refractivity contribution is 7.92. The quantitative estimate of drug-likeness (QED) is 0.434. The topological polar surface area (TPSA) is 110 Å². The first-order valence-electron chi connectivity index (χ1n) is 10.2. The molecule has 0 atom stereocenters. The third kappa shape index (κ3) is 4.67. The molecule has 0 saturated carbocycles. The predicted octanol–water partition coefficient (Wildman–Crippen LogP) is 3.82. The molecule has 33 heavy (non-hydrogen) atoms. The first-order chi connectivity index (χ1) is 15.7. The second-order valence-electron chi connectivity index (χ2n) is 7.57. The number of nitrogens with one attached hydrogen (secondary N) is 2. The Bertz CT molecular complexity index is 1520. The summed E-state index contributed by atoms with van der Waals surface area (Å²) in [5.74, 6) is -0.560. The molecule has 4 rings (SSSR count). The number of aryl methyl sites for hydroxylation is 3. The molecule has 2 aromatic heterocycles. The molecular formula is C23H22N4O4S2. The molecule has 10 heteroatoms. The Morgan fingerprint density at radius 2 is 1.79 bits per heavy atom. The van der Waals surface area contributed by atoms with E-state index >= 15 is 0 Å². The summed E-state index contributed by atoms with van der Waals surface area (Å²) in [6.45, 7) is 5.84. The summed E-state index contributed by atoms with van der Waals surface area (Å²) in [6.07, 6.45) is 2.06. The molecule has 8 nitrogen and oxygen atoms in total. The molecule has 2 heterocycles. The van der Waals surface area contributed by atoms with Crippen molar-refractivity contribution in [2.24, 2.45) is 0 Å². The van der Waals surface area contributed by atoms with Crippen LogP contribution in [0.3, 0.4) is 0 Å². The van der Waals surface area contributed by atoms with Crippen molar-refractivity contribution < 1.29 is 13.2 Å². The molecule has 0 saturated heterocycles. The fourth-order valence-corrected chi connectivity index (χ4v) is 5.18. The molecule has 0 aliphatic carbocycles. The summed E-state index contributed by atoms with van der Waals surface area (Å²) >= 11 is 1.44. The van der Waals surface area contributed by atoms with E-state index in [0.717, 1.165) is 27.1 Å². The zero-order valence-electron chi connectivity index (χ0n) is 18.2. The predicted molar refractivity (Wildman–Crippen MR) is 130 cm³/mol. The molecule has 1 amide bonds. The van der Waals surface area contributed by atoms with Gasteiger partial charge in [-0.25, -0.2) is 18.1 Å². The van der Waals surface area contributed by atoms with Crippen LogP contribution in [0.4, 0.5) is 5.69 Å². The van der Waals surface area contributed by atoms with E-state index in [4.69, 9.17) is 0 Å². The van der Waals surface area contributed by atoms with Gasteiger partial charge in [0.25, 0.3) is 21.5 Å². The number of thiophene rings is 1. The van der Waals surface area contributed by atoms with E-state index in [1.807, 2.05) is 26.8 Å². The summed E-state index contributed by atoms with van der Waals surface area (Å²) in [5, 5.41) is 0.443. The van der Waals surface area contributed by atoms with Crippen molar-refractivity contribution in [3.63, 3.8) is 0 Å². The number of carbonyl (C=O) groups is 1. The number of fused-ring (bicyclic) bond motifs is 1. The number of rotatable bonds is 6. The fourth-order valence-electron chi connectivity index (χ4n) is 3.21. The lowest BCUT2D eigenvalue weighted by molar-refractivity contribution is 0.101. The van der Waals surface area contributed by atoms with Gasteiger partial charge >= 0.3 is 0 Å². The number of nitrogens with zero attached hydrogens (tertiary/aromatic N) is 2. The van der Waals surface area contributed by atoms with Crippen LogP contribution in [0.1, 0.15) is 33.3 Å². The van der Waals surface area contributed by atoms with Crippen LogP contribution in [0.25, 0.3) is 10.2 Å². The Hall–Kier alpha value is -3.50. The Morgan fingerprint density at radius 3 is 2.45 bits per heavy atom. The molecule has 0 spiro atoms. The molecule has 0 unspecified atom stereocenters. The van der Waals surface area contributed by atoms with Crippen molar-refractivity contribution in [1.82, 2.24) is 9.66 Å². The van der Waals surface area contributed by atoms with Gasteiger partial charge in [-0.05, 0) is 73.9 Å². The number of anilines is 1. The van der Waals surface area contributed by atoms with Gasteiger partial charge in [0.1, 0.15) is 11.2 Å². The highest BCUT2D eigenvalue weighted by atomic mass is 32.2. The first-order valence-corrected chi connectivity index (χ1v) is 12.5. The van der Waals surface area contributed by atoms with Gasteiger partial charge < -0.3 is 0 Å². The van der Waals surface area contributed by atoms with Crippen molar-refractivity contribution >= 4 is 43.2 Å². The molecule has 170 valence electrons. The number of benzene rings is 2. The van der Waals surface area contributed by atoms with Crippen LogP contribution in [0.5, 0.6) is 0 Å². The van der Waals surface area contributed by atoms with Crippen molar-refractivity contribution in [1.29, 1.82) is 0 Å². The molecule has 0 bridgehead atoms. The highest BCUT2D eigenvalue weighted by Gasteiger charge is 2.16. The summed E-state index contributed by atoms with van der Waals surface area (Å²) in [5.41, 5.74) is 4.82. The van der Waals surface area contributed by atoms with Crippen LogP contribution >= 0.6 is 11.3 Å². The third-order valence-corrected chi connectivity index (χ3v) is 7.84. The summed E-state index contributed by atoms with van der Waals surface area (Å²) in [4.78, 5) is 31.2. The van der Waals surface area contributed by atoms with Crippen LogP contribution in [0, 0.1) is 13.8 Å². The van der Waals surface area contributed by atoms with E-state index in [0.29, 0.717) is 15.9 Å². The maximum Gasteiger partial charge on any atom is 0.280 e. The monoisotopic (exact) mass is 482 g/mol. The zero-order valence-corrected chi connectivity index (χ0v) is 19.9. The molecule has 2 aromatic carbocycles. The van der Waals surface area contributed by atoms with E-state index in [2.05, 4.69) is 15.1 Å². The van der Waals surface area contributed by atoms with E-state index in [9.17, 15) is 18.0 Å². The first kappa shape index (κ1) is 22.7. The smallest absolute Gasteiger partial charge is 0.280 e. The van der Waals surface area contributed by atoms with E-state index < -0.39 is 15.9 Å². The summed E-state index contributed by atoms with van der Waals surface area (Å²) in [7, 11) is -3.82. The maximum absolute atomic E-state index is 12.7. The van der Waals surface area contributed by atoms with Crippen molar-refractivity contribution in [2.45, 2.75) is 32.1 Å². The van der Waals surface area contributed by atoms with Gasteiger partial charge in [-0.2, -0.15) is 0 Å². The summed E-state index contributed by atoms with van der Waals surface area (Å²) < 4.78 is 29.0. The van der Waals surface area contributed by atoms with Crippen LogP contribution < -0.4 is 15.7 Å². The van der Waals surface area contributed by atoms with Gasteiger partial charge in [-0.15, -0.1) is 11.3 Å². The van der Waals surface area contributed by atoms with E-state index in [1.165, 1.54) is 41.9 Å². The normalized spacial score (nSPS) is 11.5. The highest BCUT2D eigenvalue weighted by Crippen LogP contribution is 2.21. The second kappa shape index (κ2) is 8.80. The molecule has 0 aliphatic heterocycles. The summed E-state index contributed by atoms with van der Waals surface area (Å²) in [6, 6.07) is 12.5.